The Morgan fingerprint density at radius 3 is 2.33 bits per heavy atom. The van der Waals surface area contributed by atoms with E-state index in [-0.39, 0.29) is 5.41 Å². The van der Waals surface area contributed by atoms with Crippen LogP contribution in [0.2, 0.25) is 0 Å². The number of hydrogen-bond acceptors (Lipinski definition) is 3. The third-order valence-electron chi connectivity index (χ3n) is 4.06. The minimum atomic E-state index is -0.0969. The summed E-state index contributed by atoms with van der Waals surface area (Å²) in [4.78, 5) is 4.77. The zero-order valence-electron chi connectivity index (χ0n) is 15.0. The van der Waals surface area contributed by atoms with Crippen molar-refractivity contribution >= 4 is 17.2 Å². The van der Waals surface area contributed by atoms with Crippen LogP contribution in [0, 0.1) is 6.92 Å². The van der Waals surface area contributed by atoms with E-state index in [0.717, 1.165) is 29.3 Å². The standard InChI is InChI=1S/C20H24N4/c1-6-15-8-10-16(11-9-15)22-23-19-18(20(3,4)5)21-17-12-7-14(2)13-24(17)19/h7-13H,6H2,1-5H3. The van der Waals surface area contributed by atoms with Gasteiger partial charge in [0.25, 0.3) is 0 Å². The van der Waals surface area contributed by atoms with E-state index in [1.165, 1.54) is 11.1 Å². The monoisotopic (exact) mass is 320 g/mol. The Morgan fingerprint density at radius 2 is 1.71 bits per heavy atom. The lowest BCUT2D eigenvalue weighted by Gasteiger charge is -2.15. The molecule has 3 aromatic rings. The number of benzene rings is 1. The zero-order chi connectivity index (χ0) is 17.3. The predicted octanol–water partition coefficient (Wildman–Crippen LogP) is 5.92. The lowest BCUT2D eigenvalue weighted by Crippen LogP contribution is -2.11. The number of imidazole rings is 1. The maximum atomic E-state index is 4.77. The van der Waals surface area contributed by atoms with Gasteiger partial charge in [0.15, 0.2) is 5.82 Å². The fraction of sp³-hybridized carbons (Fsp3) is 0.350. The van der Waals surface area contributed by atoms with Gasteiger partial charge in [0.05, 0.1) is 11.4 Å². The van der Waals surface area contributed by atoms with Crippen molar-refractivity contribution in [2.75, 3.05) is 0 Å². The zero-order valence-corrected chi connectivity index (χ0v) is 15.0. The molecule has 0 saturated carbocycles. The van der Waals surface area contributed by atoms with E-state index in [4.69, 9.17) is 4.98 Å². The lowest BCUT2D eigenvalue weighted by molar-refractivity contribution is 0.574. The van der Waals surface area contributed by atoms with Gasteiger partial charge in [-0.3, -0.25) is 4.40 Å². The van der Waals surface area contributed by atoms with Crippen molar-refractivity contribution in [2.24, 2.45) is 10.2 Å². The molecule has 0 spiro atoms. The molecule has 0 radical (unpaired) electrons. The predicted molar refractivity (Wildman–Crippen MR) is 98.6 cm³/mol. The molecule has 3 rings (SSSR count). The van der Waals surface area contributed by atoms with E-state index in [1.807, 2.05) is 22.6 Å². The SMILES string of the molecule is CCc1ccc(N=Nc2c(C(C)(C)C)nc3ccc(C)cn23)cc1. The summed E-state index contributed by atoms with van der Waals surface area (Å²) < 4.78 is 2.03. The van der Waals surface area contributed by atoms with Crippen LogP contribution in [0.5, 0.6) is 0 Å². The van der Waals surface area contributed by atoms with Crippen molar-refractivity contribution in [3.63, 3.8) is 0 Å². The second-order valence-corrected chi connectivity index (χ2v) is 7.19. The van der Waals surface area contributed by atoms with Crippen molar-refractivity contribution in [3.8, 4) is 0 Å². The molecule has 0 aliphatic rings. The molecule has 0 fully saturated rings. The third-order valence-corrected chi connectivity index (χ3v) is 4.06. The molecule has 0 aliphatic heterocycles. The van der Waals surface area contributed by atoms with Crippen LogP contribution in [-0.2, 0) is 11.8 Å². The van der Waals surface area contributed by atoms with Gasteiger partial charge in [-0.05, 0) is 42.7 Å². The minimum Gasteiger partial charge on any atom is -0.283 e. The quantitative estimate of drug-likeness (QED) is 0.552. The van der Waals surface area contributed by atoms with E-state index < -0.39 is 0 Å². The molecule has 2 aromatic heterocycles. The molecule has 0 N–H and O–H groups in total. The van der Waals surface area contributed by atoms with Crippen LogP contribution in [0.25, 0.3) is 5.65 Å². The van der Waals surface area contributed by atoms with Crippen LogP contribution in [0.4, 0.5) is 11.5 Å². The van der Waals surface area contributed by atoms with E-state index in [1.54, 1.807) is 0 Å². The number of aromatic nitrogens is 2. The van der Waals surface area contributed by atoms with E-state index in [9.17, 15) is 0 Å². The van der Waals surface area contributed by atoms with Gasteiger partial charge in [0.1, 0.15) is 5.65 Å². The summed E-state index contributed by atoms with van der Waals surface area (Å²) in [6, 6.07) is 12.3. The molecular weight excluding hydrogens is 296 g/mol. The molecule has 0 bridgehead atoms. The molecule has 124 valence electrons. The lowest BCUT2D eigenvalue weighted by atomic mass is 9.92. The maximum Gasteiger partial charge on any atom is 0.183 e. The Balaban J connectivity index is 2.09. The number of nitrogens with zero attached hydrogens (tertiary/aromatic N) is 4. The van der Waals surface area contributed by atoms with Crippen molar-refractivity contribution < 1.29 is 0 Å². The highest BCUT2D eigenvalue weighted by Crippen LogP contribution is 2.33. The second kappa shape index (κ2) is 6.19. The van der Waals surface area contributed by atoms with E-state index in [2.05, 4.69) is 69.2 Å². The van der Waals surface area contributed by atoms with Gasteiger partial charge < -0.3 is 0 Å². The van der Waals surface area contributed by atoms with Gasteiger partial charge in [-0.15, -0.1) is 10.2 Å². The van der Waals surface area contributed by atoms with Crippen molar-refractivity contribution in [2.45, 2.75) is 46.5 Å². The first kappa shape index (κ1) is 16.4. The Morgan fingerprint density at radius 1 is 1.00 bits per heavy atom. The van der Waals surface area contributed by atoms with Crippen LogP contribution in [0.3, 0.4) is 0 Å². The van der Waals surface area contributed by atoms with E-state index >= 15 is 0 Å². The maximum absolute atomic E-state index is 4.77. The minimum absolute atomic E-state index is 0.0969. The fourth-order valence-electron chi connectivity index (χ4n) is 2.64. The molecule has 0 unspecified atom stereocenters. The molecule has 0 aliphatic carbocycles. The molecule has 0 saturated heterocycles. The highest BCUT2D eigenvalue weighted by molar-refractivity contribution is 5.55. The first-order valence-corrected chi connectivity index (χ1v) is 8.38. The fourth-order valence-corrected chi connectivity index (χ4v) is 2.64. The topological polar surface area (TPSA) is 42.0 Å². The molecule has 0 amide bonds. The van der Waals surface area contributed by atoms with Crippen molar-refractivity contribution in [1.82, 2.24) is 9.38 Å². The normalized spacial score (nSPS) is 12.4. The average molecular weight is 320 g/mol. The smallest absolute Gasteiger partial charge is 0.183 e. The number of azo groups is 1. The van der Waals surface area contributed by atoms with Gasteiger partial charge in [0.2, 0.25) is 0 Å². The van der Waals surface area contributed by atoms with Crippen LogP contribution >= 0.6 is 0 Å². The molecule has 0 atom stereocenters. The average Bonchev–Trinajstić information content (AvgIpc) is 2.91. The Hall–Kier alpha value is -2.49. The first-order chi connectivity index (χ1) is 11.4. The van der Waals surface area contributed by atoms with E-state index in [0.29, 0.717) is 0 Å². The molecule has 2 heterocycles. The molecule has 4 nitrogen and oxygen atoms in total. The summed E-state index contributed by atoms with van der Waals surface area (Å²) in [5.74, 6) is 0.806. The van der Waals surface area contributed by atoms with Gasteiger partial charge in [-0.25, -0.2) is 4.98 Å². The number of fused-ring (bicyclic) bond motifs is 1. The summed E-state index contributed by atoms with van der Waals surface area (Å²) >= 11 is 0. The van der Waals surface area contributed by atoms with Crippen molar-refractivity contribution in [1.29, 1.82) is 0 Å². The Labute approximate surface area is 143 Å². The Kier molecular flexibility index (Phi) is 4.22. The highest BCUT2D eigenvalue weighted by Gasteiger charge is 2.24. The first-order valence-electron chi connectivity index (χ1n) is 8.38. The number of rotatable bonds is 3. The van der Waals surface area contributed by atoms with Crippen molar-refractivity contribution in [3.05, 3.63) is 59.4 Å². The third kappa shape index (κ3) is 3.23. The van der Waals surface area contributed by atoms with Crippen LogP contribution < -0.4 is 0 Å². The molecule has 1 aromatic carbocycles. The van der Waals surface area contributed by atoms with Crippen LogP contribution in [-0.4, -0.2) is 9.38 Å². The van der Waals surface area contributed by atoms with Crippen LogP contribution in [0.1, 0.15) is 44.5 Å². The molecule has 24 heavy (non-hydrogen) atoms. The number of pyridine rings is 1. The van der Waals surface area contributed by atoms with Gasteiger partial charge >= 0.3 is 0 Å². The second-order valence-electron chi connectivity index (χ2n) is 7.19. The molecular formula is C20H24N4. The van der Waals surface area contributed by atoms with Gasteiger partial charge in [0, 0.05) is 11.6 Å². The summed E-state index contributed by atoms with van der Waals surface area (Å²) in [5.41, 5.74) is 5.09. The summed E-state index contributed by atoms with van der Waals surface area (Å²) in [7, 11) is 0. The van der Waals surface area contributed by atoms with Gasteiger partial charge in [-0.2, -0.15) is 0 Å². The largest absolute Gasteiger partial charge is 0.283 e. The summed E-state index contributed by atoms with van der Waals surface area (Å²) in [5, 5.41) is 9.00. The number of aryl methyl sites for hydroxylation is 2. The summed E-state index contributed by atoms with van der Waals surface area (Å²) in [6.45, 7) is 10.7. The Bertz CT molecular complexity index is 880. The van der Waals surface area contributed by atoms with Crippen LogP contribution in [0.15, 0.2) is 52.8 Å². The van der Waals surface area contributed by atoms with Gasteiger partial charge in [-0.1, -0.05) is 45.9 Å². The highest BCUT2D eigenvalue weighted by atomic mass is 15.2. The number of hydrogen-bond donors (Lipinski definition) is 0. The summed E-state index contributed by atoms with van der Waals surface area (Å²) in [6.07, 6.45) is 3.09. The molecule has 4 heteroatoms.